The van der Waals surface area contributed by atoms with Crippen LogP contribution in [0.2, 0.25) is 0 Å². The van der Waals surface area contributed by atoms with Crippen molar-refractivity contribution in [3.05, 3.63) is 30.3 Å². The van der Waals surface area contributed by atoms with Crippen LogP contribution in [0.3, 0.4) is 0 Å². The number of aliphatic hydroxyl groups is 2. The van der Waals surface area contributed by atoms with Gasteiger partial charge in [0.05, 0.1) is 19.3 Å². The molecule has 19 heavy (non-hydrogen) atoms. The third-order valence-corrected chi connectivity index (χ3v) is 2.85. The lowest BCUT2D eigenvalue weighted by Gasteiger charge is -2.32. The topological polar surface area (TPSA) is 88.0 Å². The Balaban J connectivity index is 1.78. The van der Waals surface area contributed by atoms with Gasteiger partial charge in [0, 0.05) is 0 Å². The number of carbonyl (C=O) groups excluding carboxylic acids is 1. The molecule has 1 aliphatic heterocycles. The smallest absolute Gasteiger partial charge is 0.258 e. The molecule has 0 radical (unpaired) electrons. The van der Waals surface area contributed by atoms with Gasteiger partial charge in [-0.15, -0.1) is 0 Å². The van der Waals surface area contributed by atoms with Crippen LogP contribution >= 0.6 is 0 Å². The molecular formula is C13H17NO5. The van der Waals surface area contributed by atoms with Gasteiger partial charge in [0.15, 0.2) is 6.61 Å². The quantitative estimate of drug-likeness (QED) is 0.671. The first kappa shape index (κ1) is 13.8. The zero-order valence-electron chi connectivity index (χ0n) is 10.4. The van der Waals surface area contributed by atoms with Crippen molar-refractivity contribution in [2.75, 3.05) is 19.8 Å². The van der Waals surface area contributed by atoms with Crippen molar-refractivity contribution < 1.29 is 24.5 Å². The molecule has 1 aliphatic rings. The molecule has 3 atom stereocenters. The van der Waals surface area contributed by atoms with Crippen molar-refractivity contribution in [2.24, 2.45) is 0 Å². The number of para-hydroxylation sites is 1. The zero-order valence-corrected chi connectivity index (χ0v) is 10.4. The Morgan fingerprint density at radius 3 is 2.79 bits per heavy atom. The van der Waals surface area contributed by atoms with Crippen LogP contribution in [0.25, 0.3) is 0 Å². The summed E-state index contributed by atoms with van der Waals surface area (Å²) in [7, 11) is 0. The van der Waals surface area contributed by atoms with Crippen molar-refractivity contribution in [2.45, 2.75) is 18.2 Å². The molecule has 0 spiro atoms. The van der Waals surface area contributed by atoms with E-state index in [1.165, 1.54) is 0 Å². The summed E-state index contributed by atoms with van der Waals surface area (Å²) in [6, 6.07) is 8.34. The number of hydrogen-bond acceptors (Lipinski definition) is 5. The molecule has 1 aromatic rings. The lowest BCUT2D eigenvalue weighted by atomic mass is 10.0. The van der Waals surface area contributed by atoms with E-state index in [-0.39, 0.29) is 25.7 Å². The maximum Gasteiger partial charge on any atom is 0.258 e. The fourth-order valence-corrected chi connectivity index (χ4v) is 1.82. The fourth-order valence-electron chi connectivity index (χ4n) is 1.82. The molecule has 1 amide bonds. The first-order valence-electron chi connectivity index (χ1n) is 6.08. The molecule has 0 bridgehead atoms. The molecule has 6 nitrogen and oxygen atoms in total. The molecule has 1 aromatic carbocycles. The van der Waals surface area contributed by atoms with E-state index in [9.17, 15) is 15.0 Å². The van der Waals surface area contributed by atoms with Crippen LogP contribution in [0.15, 0.2) is 30.3 Å². The van der Waals surface area contributed by atoms with Crippen molar-refractivity contribution in [3.8, 4) is 5.75 Å². The van der Waals surface area contributed by atoms with Crippen molar-refractivity contribution in [3.63, 3.8) is 0 Å². The molecule has 0 aliphatic carbocycles. The fraction of sp³-hybridized carbons (Fsp3) is 0.462. The average Bonchev–Trinajstić information content (AvgIpc) is 2.43. The average molecular weight is 267 g/mol. The summed E-state index contributed by atoms with van der Waals surface area (Å²) in [5.41, 5.74) is 0. The number of hydrogen-bond donors (Lipinski definition) is 3. The van der Waals surface area contributed by atoms with Gasteiger partial charge in [-0.3, -0.25) is 4.79 Å². The molecule has 6 heteroatoms. The van der Waals surface area contributed by atoms with Crippen LogP contribution in [0.1, 0.15) is 0 Å². The van der Waals surface area contributed by atoms with E-state index in [0.717, 1.165) is 0 Å². The summed E-state index contributed by atoms with van der Waals surface area (Å²) >= 11 is 0. The second kappa shape index (κ2) is 6.51. The number of amides is 1. The minimum absolute atomic E-state index is 0.0774. The third-order valence-electron chi connectivity index (χ3n) is 2.85. The molecule has 3 N–H and O–H groups in total. The summed E-state index contributed by atoms with van der Waals surface area (Å²) in [4.78, 5) is 11.7. The van der Waals surface area contributed by atoms with E-state index in [4.69, 9.17) is 9.47 Å². The summed E-state index contributed by atoms with van der Waals surface area (Å²) < 4.78 is 10.3. The summed E-state index contributed by atoms with van der Waals surface area (Å²) in [5.74, 6) is 0.226. The van der Waals surface area contributed by atoms with Crippen molar-refractivity contribution in [1.29, 1.82) is 0 Å². The number of aliphatic hydroxyl groups excluding tert-OH is 2. The van der Waals surface area contributed by atoms with Crippen LogP contribution in [-0.2, 0) is 9.53 Å². The highest BCUT2D eigenvalue weighted by Gasteiger charge is 2.32. The highest BCUT2D eigenvalue weighted by atomic mass is 16.5. The first-order chi connectivity index (χ1) is 9.16. The van der Waals surface area contributed by atoms with Gasteiger partial charge >= 0.3 is 0 Å². The largest absolute Gasteiger partial charge is 0.484 e. The van der Waals surface area contributed by atoms with Crippen LogP contribution in [0, 0.1) is 0 Å². The maximum absolute atomic E-state index is 11.7. The van der Waals surface area contributed by atoms with Gasteiger partial charge in [-0.25, -0.2) is 0 Å². The monoisotopic (exact) mass is 267 g/mol. The van der Waals surface area contributed by atoms with E-state index in [1.807, 2.05) is 18.2 Å². The van der Waals surface area contributed by atoms with Crippen molar-refractivity contribution in [1.82, 2.24) is 5.32 Å². The van der Waals surface area contributed by atoms with E-state index in [1.54, 1.807) is 12.1 Å². The number of rotatable bonds is 4. The molecule has 0 saturated carbocycles. The van der Waals surface area contributed by atoms with E-state index in [2.05, 4.69) is 5.32 Å². The van der Waals surface area contributed by atoms with Gasteiger partial charge in [-0.1, -0.05) is 18.2 Å². The third kappa shape index (κ3) is 3.92. The molecule has 104 valence electrons. The SMILES string of the molecule is O=C(COc1ccccc1)N[C@@H]1COC[C@@H](O)[C@H]1O. The Hall–Kier alpha value is -1.63. The zero-order chi connectivity index (χ0) is 13.7. The predicted octanol–water partition coefficient (Wildman–Crippen LogP) is -0.698. The lowest BCUT2D eigenvalue weighted by molar-refractivity contribution is -0.133. The van der Waals surface area contributed by atoms with Crippen LogP contribution in [-0.4, -0.2) is 54.2 Å². The van der Waals surface area contributed by atoms with Crippen LogP contribution in [0.4, 0.5) is 0 Å². The van der Waals surface area contributed by atoms with Gasteiger partial charge < -0.3 is 25.0 Å². The highest BCUT2D eigenvalue weighted by molar-refractivity contribution is 5.77. The van der Waals surface area contributed by atoms with Gasteiger partial charge in [-0.2, -0.15) is 0 Å². The molecule has 1 heterocycles. The normalized spacial score (nSPS) is 26.7. The Morgan fingerprint density at radius 2 is 2.05 bits per heavy atom. The van der Waals surface area contributed by atoms with Gasteiger partial charge in [-0.05, 0) is 12.1 Å². The molecular weight excluding hydrogens is 250 g/mol. The first-order valence-corrected chi connectivity index (χ1v) is 6.08. The minimum Gasteiger partial charge on any atom is -0.484 e. The number of ether oxygens (including phenoxy) is 2. The molecule has 2 rings (SSSR count). The molecule has 1 saturated heterocycles. The highest BCUT2D eigenvalue weighted by Crippen LogP contribution is 2.10. The Morgan fingerprint density at radius 1 is 1.32 bits per heavy atom. The Kier molecular flexibility index (Phi) is 4.73. The van der Waals surface area contributed by atoms with Crippen LogP contribution < -0.4 is 10.1 Å². The second-order valence-corrected chi connectivity index (χ2v) is 4.37. The van der Waals surface area contributed by atoms with Gasteiger partial charge in [0.1, 0.15) is 18.0 Å². The van der Waals surface area contributed by atoms with E-state index in [0.29, 0.717) is 5.75 Å². The summed E-state index contributed by atoms with van der Waals surface area (Å²) in [6.45, 7) is 0.104. The second-order valence-electron chi connectivity index (χ2n) is 4.37. The summed E-state index contributed by atoms with van der Waals surface area (Å²) in [5, 5.41) is 21.7. The predicted molar refractivity (Wildman–Crippen MR) is 66.7 cm³/mol. The molecule has 1 fully saturated rings. The number of nitrogens with one attached hydrogen (secondary N) is 1. The lowest BCUT2D eigenvalue weighted by Crippen LogP contribution is -2.56. The van der Waals surface area contributed by atoms with Gasteiger partial charge in [0.2, 0.25) is 0 Å². The van der Waals surface area contributed by atoms with Crippen LogP contribution in [0.5, 0.6) is 5.75 Å². The Bertz CT molecular complexity index is 411. The maximum atomic E-state index is 11.7. The minimum atomic E-state index is -1.02. The van der Waals surface area contributed by atoms with E-state index < -0.39 is 18.2 Å². The van der Waals surface area contributed by atoms with Gasteiger partial charge in [0.25, 0.3) is 5.91 Å². The summed E-state index contributed by atoms with van der Waals surface area (Å²) in [6.07, 6.45) is -2.00. The standard InChI is InChI=1S/C13H17NO5/c15-11-7-18-6-10(13(11)17)14-12(16)8-19-9-4-2-1-3-5-9/h1-5,10-11,13,15,17H,6-8H2,(H,14,16)/t10-,11-,13+/m1/s1. The van der Waals surface area contributed by atoms with E-state index >= 15 is 0 Å². The molecule has 0 unspecified atom stereocenters. The van der Waals surface area contributed by atoms with Crippen molar-refractivity contribution >= 4 is 5.91 Å². The number of carbonyl (C=O) groups is 1. The Labute approximate surface area is 111 Å². The molecule has 0 aromatic heterocycles. The number of benzene rings is 1.